The maximum Gasteiger partial charge on any atom is 0.253 e. The summed E-state index contributed by atoms with van der Waals surface area (Å²) in [5.74, 6) is -2.14. The molecule has 0 saturated heterocycles. The molecule has 0 aliphatic carbocycles. The van der Waals surface area contributed by atoms with Crippen molar-refractivity contribution in [3.05, 3.63) is 124 Å². The molecule has 2 atom stereocenters. The molecule has 4 rings (SSSR count). The molecule has 0 unspecified atom stereocenters. The SMILES string of the molecule is CCCN(CCC)C(=O)c1cc(C)cc(C(=O)N[C@@H](Cc2cc(F)cc(F)c2)[C@H](O)CNCc2cccc(-c3ncccc3C)c2)c1. The van der Waals surface area contributed by atoms with Crippen LogP contribution in [0.5, 0.6) is 0 Å². The van der Waals surface area contributed by atoms with Crippen molar-refractivity contribution in [3.63, 3.8) is 0 Å². The lowest BCUT2D eigenvalue weighted by atomic mass is 9.99. The number of pyridine rings is 1. The van der Waals surface area contributed by atoms with Gasteiger partial charge < -0.3 is 20.6 Å². The van der Waals surface area contributed by atoms with E-state index in [0.717, 1.165) is 46.9 Å². The van der Waals surface area contributed by atoms with E-state index in [1.54, 1.807) is 29.3 Å². The number of aromatic nitrogens is 1. The highest BCUT2D eigenvalue weighted by Gasteiger charge is 2.24. The van der Waals surface area contributed by atoms with Gasteiger partial charge in [0.25, 0.3) is 11.8 Å². The van der Waals surface area contributed by atoms with Gasteiger partial charge in [0.1, 0.15) is 11.6 Å². The molecule has 9 heteroatoms. The first kappa shape index (κ1) is 35.4. The average Bonchev–Trinajstić information content (AvgIpc) is 3.03. The van der Waals surface area contributed by atoms with E-state index in [1.165, 1.54) is 12.1 Å². The first-order valence-corrected chi connectivity index (χ1v) is 16.1. The molecule has 3 aromatic carbocycles. The number of nitrogens with zero attached hydrogens (tertiary/aromatic N) is 2. The Labute approximate surface area is 276 Å². The van der Waals surface area contributed by atoms with Gasteiger partial charge in [0, 0.05) is 55.1 Å². The lowest BCUT2D eigenvalue weighted by Crippen LogP contribution is -2.48. The Morgan fingerprint density at radius 1 is 0.872 bits per heavy atom. The Balaban J connectivity index is 1.51. The van der Waals surface area contributed by atoms with Crippen LogP contribution in [0.4, 0.5) is 8.78 Å². The van der Waals surface area contributed by atoms with Crippen LogP contribution in [-0.4, -0.2) is 58.6 Å². The van der Waals surface area contributed by atoms with Crippen LogP contribution in [0.15, 0.2) is 79.0 Å². The van der Waals surface area contributed by atoms with Gasteiger partial charge in [0.05, 0.1) is 17.8 Å². The van der Waals surface area contributed by atoms with Crippen LogP contribution in [-0.2, 0) is 13.0 Å². The second-order valence-corrected chi connectivity index (χ2v) is 12.0. The van der Waals surface area contributed by atoms with Crippen LogP contribution in [0.25, 0.3) is 11.3 Å². The highest BCUT2D eigenvalue weighted by Crippen LogP contribution is 2.22. The van der Waals surface area contributed by atoms with Crippen LogP contribution >= 0.6 is 0 Å². The number of aryl methyl sites for hydroxylation is 2. The summed E-state index contributed by atoms with van der Waals surface area (Å²) < 4.78 is 28.1. The van der Waals surface area contributed by atoms with Gasteiger partial charge in [-0.1, -0.05) is 38.1 Å². The van der Waals surface area contributed by atoms with E-state index in [1.807, 2.05) is 64.1 Å². The molecule has 4 aromatic rings. The van der Waals surface area contributed by atoms with Crippen molar-refractivity contribution < 1.29 is 23.5 Å². The number of aliphatic hydroxyl groups excluding tert-OH is 1. The molecule has 1 heterocycles. The lowest BCUT2D eigenvalue weighted by Gasteiger charge is -2.25. The number of aliphatic hydroxyl groups is 1. The van der Waals surface area contributed by atoms with E-state index in [2.05, 4.69) is 15.6 Å². The van der Waals surface area contributed by atoms with Gasteiger partial charge in [-0.05, 0) is 97.8 Å². The Morgan fingerprint density at radius 3 is 2.26 bits per heavy atom. The number of hydrogen-bond acceptors (Lipinski definition) is 5. The smallest absolute Gasteiger partial charge is 0.253 e. The highest BCUT2D eigenvalue weighted by atomic mass is 19.1. The fourth-order valence-corrected chi connectivity index (χ4v) is 5.72. The number of rotatable bonds is 15. The first-order valence-electron chi connectivity index (χ1n) is 16.1. The van der Waals surface area contributed by atoms with E-state index >= 15 is 0 Å². The van der Waals surface area contributed by atoms with E-state index in [0.29, 0.717) is 30.8 Å². The third-order valence-electron chi connectivity index (χ3n) is 7.91. The Bertz CT molecular complexity index is 1650. The van der Waals surface area contributed by atoms with Gasteiger partial charge in [-0.2, -0.15) is 0 Å². The van der Waals surface area contributed by atoms with E-state index in [4.69, 9.17) is 0 Å². The van der Waals surface area contributed by atoms with Gasteiger partial charge >= 0.3 is 0 Å². The van der Waals surface area contributed by atoms with Gasteiger partial charge in [-0.3, -0.25) is 14.6 Å². The van der Waals surface area contributed by atoms with E-state index in [-0.39, 0.29) is 24.4 Å². The molecular formula is C38H44F2N4O3. The topological polar surface area (TPSA) is 94.6 Å². The number of benzene rings is 3. The summed E-state index contributed by atoms with van der Waals surface area (Å²) in [6.07, 6.45) is 2.26. The number of amides is 2. The van der Waals surface area contributed by atoms with Crippen molar-refractivity contribution in [2.24, 2.45) is 0 Å². The molecule has 0 aliphatic heterocycles. The van der Waals surface area contributed by atoms with Gasteiger partial charge in [-0.15, -0.1) is 0 Å². The number of hydrogen-bond donors (Lipinski definition) is 3. The molecule has 1 aromatic heterocycles. The van der Waals surface area contributed by atoms with Crippen LogP contribution in [0.3, 0.4) is 0 Å². The Hall–Kier alpha value is -4.47. The van der Waals surface area contributed by atoms with Crippen LogP contribution in [0, 0.1) is 25.5 Å². The lowest BCUT2D eigenvalue weighted by molar-refractivity contribution is 0.0755. The van der Waals surface area contributed by atoms with E-state index in [9.17, 15) is 23.5 Å². The monoisotopic (exact) mass is 642 g/mol. The predicted octanol–water partition coefficient (Wildman–Crippen LogP) is 6.40. The third kappa shape index (κ3) is 10.0. The minimum atomic E-state index is -1.11. The molecule has 0 spiro atoms. The fraction of sp³-hybridized carbons (Fsp3) is 0.342. The minimum Gasteiger partial charge on any atom is -0.390 e. The zero-order valence-electron chi connectivity index (χ0n) is 27.5. The molecule has 7 nitrogen and oxygen atoms in total. The predicted molar refractivity (Wildman–Crippen MR) is 181 cm³/mol. The van der Waals surface area contributed by atoms with Crippen molar-refractivity contribution in [2.45, 2.75) is 65.6 Å². The van der Waals surface area contributed by atoms with Crippen molar-refractivity contribution in [1.29, 1.82) is 0 Å². The standard InChI is InChI=1S/C38H44F2N4O3/c1-5-13-44(14-6-2)38(47)31-16-25(3)15-30(21-31)37(46)43-34(20-28-18-32(39)22-33(40)19-28)35(45)24-41-23-27-10-7-11-29(17-27)36-26(4)9-8-12-42-36/h7-12,15-19,21-22,34-35,41,45H,5-6,13-14,20,23-24H2,1-4H3,(H,43,46)/t34-,35+/m0/s1. The number of carbonyl (C=O) groups excluding carboxylic acids is 2. The summed E-state index contributed by atoms with van der Waals surface area (Å²) in [7, 11) is 0. The van der Waals surface area contributed by atoms with Crippen molar-refractivity contribution in [2.75, 3.05) is 19.6 Å². The number of nitrogens with one attached hydrogen (secondary N) is 2. The molecule has 2 amide bonds. The van der Waals surface area contributed by atoms with E-state index < -0.39 is 29.7 Å². The summed E-state index contributed by atoms with van der Waals surface area (Å²) in [6.45, 7) is 9.59. The maximum atomic E-state index is 14.1. The first-order chi connectivity index (χ1) is 22.6. The molecule has 0 saturated carbocycles. The summed E-state index contributed by atoms with van der Waals surface area (Å²) in [6, 6.07) is 19.1. The van der Waals surface area contributed by atoms with Crippen molar-refractivity contribution >= 4 is 11.8 Å². The van der Waals surface area contributed by atoms with Gasteiger partial charge in [0.2, 0.25) is 0 Å². The number of carbonyl (C=O) groups is 2. The summed E-state index contributed by atoms with van der Waals surface area (Å²) in [4.78, 5) is 33.2. The summed E-state index contributed by atoms with van der Waals surface area (Å²) in [5, 5.41) is 17.4. The third-order valence-corrected chi connectivity index (χ3v) is 7.91. The molecule has 0 fully saturated rings. The quantitative estimate of drug-likeness (QED) is 0.140. The zero-order valence-corrected chi connectivity index (χ0v) is 27.5. The Morgan fingerprint density at radius 2 is 1.57 bits per heavy atom. The zero-order chi connectivity index (χ0) is 33.9. The van der Waals surface area contributed by atoms with Crippen LogP contribution in [0.1, 0.15) is 69.7 Å². The Kier molecular flexibility index (Phi) is 12.7. The molecule has 0 aliphatic rings. The largest absolute Gasteiger partial charge is 0.390 e. The minimum absolute atomic E-state index is 0.0178. The second kappa shape index (κ2) is 16.9. The van der Waals surface area contributed by atoms with Crippen molar-refractivity contribution in [1.82, 2.24) is 20.5 Å². The normalized spacial score (nSPS) is 12.4. The summed E-state index contributed by atoms with van der Waals surface area (Å²) >= 11 is 0. The summed E-state index contributed by atoms with van der Waals surface area (Å²) in [5.41, 5.74) is 5.61. The molecule has 0 bridgehead atoms. The average molecular weight is 643 g/mol. The highest BCUT2D eigenvalue weighted by molar-refractivity contribution is 6.00. The van der Waals surface area contributed by atoms with Gasteiger partial charge in [-0.25, -0.2) is 8.78 Å². The van der Waals surface area contributed by atoms with Crippen LogP contribution in [0.2, 0.25) is 0 Å². The van der Waals surface area contributed by atoms with Gasteiger partial charge in [0.15, 0.2) is 0 Å². The van der Waals surface area contributed by atoms with Crippen LogP contribution < -0.4 is 10.6 Å². The maximum absolute atomic E-state index is 14.1. The fourth-order valence-electron chi connectivity index (χ4n) is 5.72. The second-order valence-electron chi connectivity index (χ2n) is 12.0. The molecule has 248 valence electrons. The number of halogens is 2. The van der Waals surface area contributed by atoms with Crippen molar-refractivity contribution in [3.8, 4) is 11.3 Å². The molecule has 47 heavy (non-hydrogen) atoms. The molecular weight excluding hydrogens is 598 g/mol. The molecule has 3 N–H and O–H groups in total. The molecule has 0 radical (unpaired) electrons.